The molecule has 0 aliphatic rings. The first-order valence-corrected chi connectivity index (χ1v) is 5.90. The van der Waals surface area contributed by atoms with Gasteiger partial charge in [0.1, 0.15) is 5.01 Å². The summed E-state index contributed by atoms with van der Waals surface area (Å²) in [6, 6.07) is 10.2. The van der Waals surface area contributed by atoms with E-state index in [0.717, 1.165) is 21.4 Å². The highest BCUT2D eigenvalue weighted by molar-refractivity contribution is 7.15. The lowest BCUT2D eigenvalue weighted by molar-refractivity contribution is 1.05. The van der Waals surface area contributed by atoms with Gasteiger partial charge in [-0.15, -0.1) is 10.2 Å². The molecule has 1 aromatic carbocycles. The molecule has 0 fully saturated rings. The molecule has 0 spiro atoms. The number of benzene rings is 1. The Bertz CT molecular complexity index is 488. The number of nitrogens with zero attached hydrogens (tertiary/aromatic N) is 2. The highest BCUT2D eigenvalue weighted by Gasteiger charge is 2.03. The normalized spacial score (nSPS) is 11.5. The van der Waals surface area contributed by atoms with Gasteiger partial charge in [-0.25, -0.2) is 0 Å². The Kier molecular flexibility index (Phi) is 3.31. The summed E-state index contributed by atoms with van der Waals surface area (Å²) in [7, 11) is 0. The Morgan fingerprint density at radius 1 is 1.25 bits per heavy atom. The number of allylic oxidation sites excluding steroid dienone is 1. The molecule has 2 aromatic rings. The second-order valence-corrected chi connectivity index (χ2v) is 4.50. The van der Waals surface area contributed by atoms with Crippen LogP contribution in [0.3, 0.4) is 0 Å². The molecular weight excluding hydrogens is 218 g/mol. The minimum absolute atomic E-state index is 0.828. The van der Waals surface area contributed by atoms with Crippen molar-refractivity contribution in [1.29, 1.82) is 0 Å². The first-order valence-electron chi connectivity index (χ1n) is 5.08. The predicted molar refractivity (Wildman–Crippen MR) is 68.4 cm³/mol. The molecule has 0 saturated heterocycles. The van der Waals surface area contributed by atoms with E-state index >= 15 is 0 Å². The maximum atomic E-state index is 4.05. The molecule has 16 heavy (non-hydrogen) atoms. The van der Waals surface area contributed by atoms with E-state index in [0.29, 0.717) is 0 Å². The number of nitrogens with one attached hydrogen (secondary N) is 1. The zero-order valence-corrected chi connectivity index (χ0v) is 10.1. The van der Waals surface area contributed by atoms with Gasteiger partial charge in [0, 0.05) is 5.70 Å². The van der Waals surface area contributed by atoms with Crippen molar-refractivity contribution in [2.75, 3.05) is 5.32 Å². The lowest BCUT2D eigenvalue weighted by atomic mass is 10.1. The first-order chi connectivity index (χ1) is 7.79. The highest BCUT2D eigenvalue weighted by atomic mass is 32.1. The summed E-state index contributed by atoms with van der Waals surface area (Å²) in [6.45, 7) is 3.95. The van der Waals surface area contributed by atoms with E-state index in [4.69, 9.17) is 0 Å². The molecule has 4 heteroatoms. The average Bonchev–Trinajstić information content (AvgIpc) is 2.73. The van der Waals surface area contributed by atoms with Gasteiger partial charge in [0.2, 0.25) is 5.13 Å². The van der Waals surface area contributed by atoms with Crippen LogP contribution in [0.25, 0.3) is 5.70 Å². The maximum Gasteiger partial charge on any atom is 0.210 e. The van der Waals surface area contributed by atoms with E-state index in [2.05, 4.69) is 27.6 Å². The largest absolute Gasteiger partial charge is 0.330 e. The van der Waals surface area contributed by atoms with Gasteiger partial charge in [-0.05, 0) is 19.4 Å². The zero-order valence-electron chi connectivity index (χ0n) is 9.27. The topological polar surface area (TPSA) is 37.8 Å². The zero-order chi connectivity index (χ0) is 11.4. The fourth-order valence-electron chi connectivity index (χ4n) is 1.39. The molecule has 0 saturated carbocycles. The minimum Gasteiger partial charge on any atom is -0.330 e. The molecule has 0 atom stereocenters. The van der Waals surface area contributed by atoms with Crippen LogP contribution in [0, 0.1) is 6.92 Å². The summed E-state index contributed by atoms with van der Waals surface area (Å²) in [5, 5.41) is 13.1. The molecule has 0 radical (unpaired) electrons. The van der Waals surface area contributed by atoms with Crippen molar-refractivity contribution in [3.8, 4) is 0 Å². The summed E-state index contributed by atoms with van der Waals surface area (Å²) in [4.78, 5) is 0. The van der Waals surface area contributed by atoms with Crippen LogP contribution >= 0.6 is 11.3 Å². The lowest BCUT2D eigenvalue weighted by Gasteiger charge is -2.07. The van der Waals surface area contributed by atoms with Crippen molar-refractivity contribution in [1.82, 2.24) is 10.2 Å². The molecular formula is C12H13N3S. The molecule has 1 aromatic heterocycles. The average molecular weight is 231 g/mol. The molecule has 0 amide bonds. The van der Waals surface area contributed by atoms with E-state index in [-0.39, 0.29) is 0 Å². The monoisotopic (exact) mass is 231 g/mol. The molecule has 2 rings (SSSR count). The van der Waals surface area contributed by atoms with E-state index in [1.807, 2.05) is 38.1 Å². The minimum atomic E-state index is 0.828. The van der Waals surface area contributed by atoms with E-state index in [9.17, 15) is 0 Å². The molecule has 3 nitrogen and oxygen atoms in total. The number of hydrogen-bond acceptors (Lipinski definition) is 4. The third kappa shape index (κ3) is 2.46. The van der Waals surface area contributed by atoms with Crippen molar-refractivity contribution < 1.29 is 0 Å². The van der Waals surface area contributed by atoms with Crippen LogP contribution in [0.1, 0.15) is 17.5 Å². The molecule has 82 valence electrons. The Balaban J connectivity index is 2.20. The standard InChI is InChI=1S/C12H13N3S/c1-3-11(10-7-5-4-6-8-10)13-12-15-14-9(2)16-12/h3-8H,1-2H3,(H,13,15)/b11-3+. The van der Waals surface area contributed by atoms with Crippen LogP contribution in [-0.4, -0.2) is 10.2 Å². The molecule has 0 aliphatic heterocycles. The van der Waals surface area contributed by atoms with Crippen molar-refractivity contribution in [3.63, 3.8) is 0 Å². The van der Waals surface area contributed by atoms with Gasteiger partial charge in [0.25, 0.3) is 0 Å². The van der Waals surface area contributed by atoms with Crippen molar-refractivity contribution >= 4 is 22.2 Å². The van der Waals surface area contributed by atoms with Gasteiger partial charge in [-0.1, -0.05) is 47.7 Å². The fourth-order valence-corrected chi connectivity index (χ4v) is 2.00. The van der Waals surface area contributed by atoms with Crippen LogP contribution in [-0.2, 0) is 0 Å². The van der Waals surface area contributed by atoms with Crippen LogP contribution in [0.2, 0.25) is 0 Å². The van der Waals surface area contributed by atoms with Gasteiger partial charge < -0.3 is 5.32 Å². The second-order valence-electron chi connectivity index (χ2n) is 3.32. The van der Waals surface area contributed by atoms with Crippen LogP contribution in [0.15, 0.2) is 36.4 Å². The smallest absolute Gasteiger partial charge is 0.210 e. The number of anilines is 1. The van der Waals surface area contributed by atoms with Crippen molar-refractivity contribution in [3.05, 3.63) is 47.0 Å². The van der Waals surface area contributed by atoms with Gasteiger partial charge in [0.15, 0.2) is 0 Å². The Morgan fingerprint density at radius 2 is 2.00 bits per heavy atom. The molecule has 0 bridgehead atoms. The number of hydrogen-bond donors (Lipinski definition) is 1. The lowest BCUT2D eigenvalue weighted by Crippen LogP contribution is -1.97. The van der Waals surface area contributed by atoms with Gasteiger partial charge in [-0.3, -0.25) is 0 Å². The third-order valence-corrected chi connectivity index (χ3v) is 2.90. The van der Waals surface area contributed by atoms with Crippen LogP contribution < -0.4 is 5.32 Å². The SMILES string of the molecule is C/C=C(/Nc1nnc(C)s1)c1ccccc1. The maximum absolute atomic E-state index is 4.05. The highest BCUT2D eigenvalue weighted by Crippen LogP contribution is 2.20. The van der Waals surface area contributed by atoms with Gasteiger partial charge >= 0.3 is 0 Å². The van der Waals surface area contributed by atoms with Crippen molar-refractivity contribution in [2.45, 2.75) is 13.8 Å². The summed E-state index contributed by atoms with van der Waals surface area (Å²) >= 11 is 1.55. The number of aromatic nitrogens is 2. The fraction of sp³-hybridized carbons (Fsp3) is 0.167. The molecule has 1 heterocycles. The summed E-state index contributed by atoms with van der Waals surface area (Å²) < 4.78 is 0. The Morgan fingerprint density at radius 3 is 2.56 bits per heavy atom. The van der Waals surface area contributed by atoms with E-state index in [1.165, 1.54) is 0 Å². The van der Waals surface area contributed by atoms with Gasteiger partial charge in [0.05, 0.1) is 0 Å². The summed E-state index contributed by atoms with van der Waals surface area (Å²) in [6.07, 6.45) is 2.03. The second kappa shape index (κ2) is 4.90. The number of rotatable bonds is 3. The molecule has 0 aliphatic carbocycles. The first kappa shape index (κ1) is 10.8. The van der Waals surface area contributed by atoms with Crippen LogP contribution in [0.5, 0.6) is 0 Å². The van der Waals surface area contributed by atoms with Gasteiger partial charge in [-0.2, -0.15) is 0 Å². The molecule has 0 unspecified atom stereocenters. The number of aryl methyl sites for hydroxylation is 1. The van der Waals surface area contributed by atoms with Crippen LogP contribution in [0.4, 0.5) is 5.13 Å². The predicted octanol–water partition coefficient (Wildman–Crippen LogP) is 3.32. The Hall–Kier alpha value is -1.68. The Labute approximate surface area is 98.9 Å². The quantitative estimate of drug-likeness (QED) is 0.880. The third-order valence-electron chi connectivity index (χ3n) is 2.14. The summed E-state index contributed by atoms with van der Waals surface area (Å²) in [5.41, 5.74) is 2.20. The van der Waals surface area contributed by atoms with Crippen molar-refractivity contribution in [2.24, 2.45) is 0 Å². The molecule has 1 N–H and O–H groups in total. The summed E-state index contributed by atoms with van der Waals surface area (Å²) in [5.74, 6) is 0. The van der Waals surface area contributed by atoms with E-state index < -0.39 is 0 Å². The van der Waals surface area contributed by atoms with E-state index in [1.54, 1.807) is 11.3 Å².